The van der Waals surface area contributed by atoms with Crippen LogP contribution < -0.4 is 9.47 Å². The van der Waals surface area contributed by atoms with E-state index in [1.54, 1.807) is 25.3 Å². The van der Waals surface area contributed by atoms with Crippen LogP contribution in [0.5, 0.6) is 11.5 Å². The van der Waals surface area contributed by atoms with Gasteiger partial charge in [0.2, 0.25) is 5.90 Å². The van der Waals surface area contributed by atoms with Gasteiger partial charge in [-0.2, -0.15) is 0 Å². The number of nitrogens with zero attached hydrogens (tertiary/aromatic N) is 1. The van der Waals surface area contributed by atoms with Gasteiger partial charge in [0, 0.05) is 10.9 Å². The van der Waals surface area contributed by atoms with E-state index in [0.29, 0.717) is 24.0 Å². The standard InChI is InChI=1S/C19H16BrNO4/c1-23-17-12-13(7-8-16(17)24-10-9-20)11-15-19(22)25-18(21-15)14-5-3-2-4-6-14/h2-8,11-12H,9-10H2,1H3. The normalized spacial score (nSPS) is 15.0. The molecule has 0 atom stereocenters. The molecule has 25 heavy (non-hydrogen) atoms. The van der Waals surface area contributed by atoms with Crippen molar-refractivity contribution < 1.29 is 19.0 Å². The zero-order valence-corrected chi connectivity index (χ0v) is 15.2. The Morgan fingerprint density at radius 3 is 2.68 bits per heavy atom. The van der Waals surface area contributed by atoms with E-state index in [1.165, 1.54) is 0 Å². The number of hydrogen-bond donors (Lipinski definition) is 0. The molecule has 0 aromatic heterocycles. The minimum Gasteiger partial charge on any atom is -0.493 e. The fourth-order valence-corrected chi connectivity index (χ4v) is 2.47. The third-order valence-electron chi connectivity index (χ3n) is 3.47. The van der Waals surface area contributed by atoms with Crippen molar-refractivity contribution in [3.63, 3.8) is 0 Å². The minimum atomic E-state index is -0.475. The molecule has 0 unspecified atom stereocenters. The Morgan fingerprint density at radius 1 is 1.16 bits per heavy atom. The Bertz CT molecular complexity index is 831. The Labute approximate surface area is 154 Å². The summed E-state index contributed by atoms with van der Waals surface area (Å²) < 4.78 is 16.2. The summed E-state index contributed by atoms with van der Waals surface area (Å²) in [5, 5.41) is 0.727. The van der Waals surface area contributed by atoms with Crippen molar-refractivity contribution in [2.24, 2.45) is 4.99 Å². The highest BCUT2D eigenvalue weighted by molar-refractivity contribution is 9.09. The van der Waals surface area contributed by atoms with Crippen molar-refractivity contribution in [2.45, 2.75) is 0 Å². The molecule has 2 aromatic carbocycles. The van der Waals surface area contributed by atoms with Gasteiger partial charge in [-0.3, -0.25) is 0 Å². The average Bonchev–Trinajstić information content (AvgIpc) is 3.02. The first-order valence-electron chi connectivity index (χ1n) is 7.66. The molecule has 128 valence electrons. The topological polar surface area (TPSA) is 57.1 Å². The molecule has 0 saturated carbocycles. The number of rotatable bonds is 6. The zero-order valence-electron chi connectivity index (χ0n) is 13.6. The number of cyclic esters (lactones) is 1. The Balaban J connectivity index is 1.87. The molecule has 3 rings (SSSR count). The van der Waals surface area contributed by atoms with Crippen molar-refractivity contribution in [3.05, 3.63) is 65.4 Å². The van der Waals surface area contributed by atoms with Crippen molar-refractivity contribution in [1.29, 1.82) is 0 Å². The van der Waals surface area contributed by atoms with Gasteiger partial charge in [0.1, 0.15) is 0 Å². The predicted molar refractivity (Wildman–Crippen MR) is 99.3 cm³/mol. The number of benzene rings is 2. The highest BCUT2D eigenvalue weighted by atomic mass is 79.9. The second-order valence-corrected chi connectivity index (χ2v) is 5.94. The van der Waals surface area contributed by atoms with E-state index in [4.69, 9.17) is 14.2 Å². The van der Waals surface area contributed by atoms with Gasteiger partial charge in [-0.25, -0.2) is 9.79 Å². The molecule has 1 aliphatic heterocycles. The maximum absolute atomic E-state index is 12.1. The third kappa shape index (κ3) is 4.09. The van der Waals surface area contributed by atoms with E-state index in [0.717, 1.165) is 16.5 Å². The van der Waals surface area contributed by atoms with E-state index in [-0.39, 0.29) is 5.70 Å². The monoisotopic (exact) mass is 401 g/mol. The van der Waals surface area contributed by atoms with Gasteiger partial charge in [0.25, 0.3) is 0 Å². The van der Waals surface area contributed by atoms with E-state index >= 15 is 0 Å². The van der Waals surface area contributed by atoms with Gasteiger partial charge >= 0.3 is 5.97 Å². The van der Waals surface area contributed by atoms with Crippen LogP contribution in [-0.4, -0.2) is 30.9 Å². The number of esters is 1. The Morgan fingerprint density at radius 2 is 1.96 bits per heavy atom. The number of hydrogen-bond acceptors (Lipinski definition) is 5. The predicted octanol–water partition coefficient (Wildman–Crippen LogP) is 3.81. The summed E-state index contributed by atoms with van der Waals surface area (Å²) in [5.74, 6) is 1.07. The molecule has 6 heteroatoms. The second kappa shape index (κ2) is 7.98. The van der Waals surface area contributed by atoms with Crippen LogP contribution in [-0.2, 0) is 9.53 Å². The largest absolute Gasteiger partial charge is 0.493 e. The van der Waals surface area contributed by atoms with E-state index in [1.807, 2.05) is 36.4 Å². The number of ether oxygens (including phenoxy) is 3. The van der Waals surface area contributed by atoms with Crippen LogP contribution in [0.2, 0.25) is 0 Å². The smallest absolute Gasteiger partial charge is 0.363 e. The lowest BCUT2D eigenvalue weighted by molar-refractivity contribution is -0.129. The number of methoxy groups -OCH3 is 1. The molecule has 0 fully saturated rings. The Hall–Kier alpha value is -2.60. The number of halogens is 1. The molecule has 0 bridgehead atoms. The van der Waals surface area contributed by atoms with Crippen LogP contribution in [0, 0.1) is 0 Å². The highest BCUT2D eigenvalue weighted by Gasteiger charge is 2.24. The van der Waals surface area contributed by atoms with Crippen LogP contribution in [0.25, 0.3) is 6.08 Å². The van der Waals surface area contributed by atoms with Gasteiger partial charge in [-0.1, -0.05) is 40.2 Å². The quantitative estimate of drug-likeness (QED) is 0.419. The third-order valence-corrected chi connectivity index (χ3v) is 3.79. The summed E-state index contributed by atoms with van der Waals surface area (Å²) in [7, 11) is 1.57. The molecule has 0 saturated heterocycles. The molecule has 2 aromatic rings. The Kier molecular flexibility index (Phi) is 5.50. The van der Waals surface area contributed by atoms with Crippen LogP contribution in [0.15, 0.2) is 59.2 Å². The van der Waals surface area contributed by atoms with Crippen molar-refractivity contribution >= 4 is 33.9 Å². The lowest BCUT2D eigenvalue weighted by Crippen LogP contribution is -2.05. The molecule has 0 aliphatic carbocycles. The fraction of sp³-hybridized carbons (Fsp3) is 0.158. The molecular formula is C19H16BrNO4. The molecule has 0 N–H and O–H groups in total. The summed E-state index contributed by atoms with van der Waals surface area (Å²) in [5.41, 5.74) is 1.78. The number of carbonyl (C=O) groups excluding carboxylic acids is 1. The minimum absolute atomic E-state index is 0.245. The van der Waals surface area contributed by atoms with Gasteiger partial charge < -0.3 is 14.2 Å². The van der Waals surface area contributed by atoms with E-state index in [2.05, 4.69) is 20.9 Å². The van der Waals surface area contributed by atoms with E-state index in [9.17, 15) is 4.79 Å². The molecule has 1 aliphatic rings. The van der Waals surface area contributed by atoms with Crippen LogP contribution in [0.4, 0.5) is 0 Å². The zero-order chi connectivity index (χ0) is 17.6. The fourth-order valence-electron chi connectivity index (χ4n) is 2.31. The average molecular weight is 402 g/mol. The van der Waals surface area contributed by atoms with E-state index < -0.39 is 5.97 Å². The van der Waals surface area contributed by atoms with Crippen LogP contribution >= 0.6 is 15.9 Å². The summed E-state index contributed by atoms with van der Waals surface area (Å²) >= 11 is 3.32. The second-order valence-electron chi connectivity index (χ2n) is 5.15. The summed E-state index contributed by atoms with van der Waals surface area (Å²) in [4.78, 5) is 16.3. The first kappa shape index (κ1) is 17.2. The molecule has 0 spiro atoms. The maximum Gasteiger partial charge on any atom is 0.363 e. The lowest BCUT2D eigenvalue weighted by Gasteiger charge is -2.10. The number of aliphatic imine (C=N–C) groups is 1. The lowest BCUT2D eigenvalue weighted by atomic mass is 10.1. The number of alkyl halides is 1. The van der Waals surface area contributed by atoms with Gasteiger partial charge in [0.05, 0.1) is 13.7 Å². The maximum atomic E-state index is 12.1. The van der Waals surface area contributed by atoms with Crippen molar-refractivity contribution in [1.82, 2.24) is 0 Å². The molecular weight excluding hydrogens is 386 g/mol. The SMILES string of the molecule is COc1cc(C=C2N=C(c3ccccc3)OC2=O)ccc1OCCBr. The summed E-state index contributed by atoms with van der Waals surface area (Å²) in [6.45, 7) is 0.536. The van der Waals surface area contributed by atoms with Gasteiger partial charge in [0.15, 0.2) is 17.2 Å². The van der Waals surface area contributed by atoms with Gasteiger partial charge in [-0.05, 0) is 35.9 Å². The first-order valence-corrected chi connectivity index (χ1v) is 8.78. The van der Waals surface area contributed by atoms with Gasteiger partial charge in [-0.15, -0.1) is 0 Å². The molecule has 1 heterocycles. The van der Waals surface area contributed by atoms with Crippen molar-refractivity contribution in [3.8, 4) is 11.5 Å². The molecule has 5 nitrogen and oxygen atoms in total. The summed E-state index contributed by atoms with van der Waals surface area (Å²) in [6, 6.07) is 14.7. The van der Waals surface area contributed by atoms with Crippen LogP contribution in [0.1, 0.15) is 11.1 Å². The van der Waals surface area contributed by atoms with Crippen LogP contribution in [0.3, 0.4) is 0 Å². The van der Waals surface area contributed by atoms with Crippen molar-refractivity contribution in [2.75, 3.05) is 19.0 Å². The first-order chi connectivity index (χ1) is 12.2. The highest BCUT2D eigenvalue weighted by Crippen LogP contribution is 2.29. The molecule has 0 amide bonds. The molecule has 0 radical (unpaired) electrons. The summed E-state index contributed by atoms with van der Waals surface area (Å²) in [6.07, 6.45) is 1.66. The number of carbonyl (C=O) groups is 1.